The van der Waals surface area contributed by atoms with E-state index in [1.807, 2.05) is 24.3 Å². The molecule has 0 radical (unpaired) electrons. The molecule has 0 saturated heterocycles. The first-order valence-corrected chi connectivity index (χ1v) is 6.96. The maximum atomic E-state index is 8.89. The molecule has 108 valence electrons. The third-order valence-electron chi connectivity index (χ3n) is 3.63. The number of aromatic nitrogens is 1. The van der Waals surface area contributed by atoms with Crippen LogP contribution in [0.15, 0.2) is 42.2 Å². The van der Waals surface area contributed by atoms with Crippen molar-refractivity contribution in [3.63, 3.8) is 0 Å². The van der Waals surface area contributed by atoms with E-state index in [2.05, 4.69) is 30.6 Å². The number of nitriles is 1. The molecule has 2 rings (SSSR count). The van der Waals surface area contributed by atoms with E-state index in [0.717, 1.165) is 17.7 Å². The van der Waals surface area contributed by atoms with E-state index >= 15 is 0 Å². The molecule has 0 unspecified atom stereocenters. The van der Waals surface area contributed by atoms with Crippen LogP contribution in [0.5, 0.6) is 0 Å². The van der Waals surface area contributed by atoms with Crippen LogP contribution in [0.2, 0.25) is 0 Å². The molecule has 0 bridgehead atoms. The van der Waals surface area contributed by atoms with Crippen molar-refractivity contribution >= 4 is 0 Å². The molecule has 0 aliphatic carbocycles. The SMILES string of the molecule is CCc1c(-c2ccc(C#N)cc2)cc(C)n1C/C(N)=C/N. The second-order valence-corrected chi connectivity index (χ2v) is 5.02. The Morgan fingerprint density at radius 2 is 2.00 bits per heavy atom. The highest BCUT2D eigenvalue weighted by Gasteiger charge is 2.13. The Balaban J connectivity index is 2.49. The standard InChI is InChI=1S/C17H20N4/c1-3-17-16(14-6-4-13(9-18)5-7-14)8-12(2)21(17)11-15(20)10-19/h4-8,10H,3,11,19-20H2,1-2H3/b15-10-. The lowest BCUT2D eigenvalue weighted by molar-refractivity contribution is 0.711. The van der Waals surface area contributed by atoms with E-state index in [1.165, 1.54) is 17.5 Å². The van der Waals surface area contributed by atoms with Gasteiger partial charge in [-0.15, -0.1) is 0 Å². The molecule has 4 N–H and O–H groups in total. The van der Waals surface area contributed by atoms with E-state index in [9.17, 15) is 0 Å². The summed E-state index contributed by atoms with van der Waals surface area (Å²) >= 11 is 0. The summed E-state index contributed by atoms with van der Waals surface area (Å²) in [6.07, 6.45) is 2.35. The first kappa shape index (κ1) is 14.7. The van der Waals surface area contributed by atoms with Gasteiger partial charge in [0.1, 0.15) is 0 Å². The van der Waals surface area contributed by atoms with Gasteiger partial charge >= 0.3 is 0 Å². The lowest BCUT2D eigenvalue weighted by Gasteiger charge is -2.12. The summed E-state index contributed by atoms with van der Waals surface area (Å²) in [4.78, 5) is 0. The summed E-state index contributed by atoms with van der Waals surface area (Å²) < 4.78 is 2.19. The van der Waals surface area contributed by atoms with Gasteiger partial charge in [0.25, 0.3) is 0 Å². The zero-order chi connectivity index (χ0) is 15.4. The minimum Gasteiger partial charge on any atom is -0.403 e. The highest BCUT2D eigenvalue weighted by molar-refractivity contribution is 5.68. The van der Waals surface area contributed by atoms with Crippen molar-refractivity contribution in [2.75, 3.05) is 0 Å². The van der Waals surface area contributed by atoms with Gasteiger partial charge in [-0.1, -0.05) is 19.1 Å². The van der Waals surface area contributed by atoms with Gasteiger partial charge in [-0.3, -0.25) is 0 Å². The van der Waals surface area contributed by atoms with Crippen LogP contribution in [0.25, 0.3) is 11.1 Å². The summed E-state index contributed by atoms with van der Waals surface area (Å²) in [7, 11) is 0. The summed E-state index contributed by atoms with van der Waals surface area (Å²) in [5.74, 6) is 0. The number of nitrogens with zero attached hydrogens (tertiary/aromatic N) is 2. The predicted octanol–water partition coefficient (Wildman–Crippen LogP) is 2.66. The van der Waals surface area contributed by atoms with E-state index in [-0.39, 0.29) is 0 Å². The Labute approximate surface area is 125 Å². The predicted molar refractivity (Wildman–Crippen MR) is 85.2 cm³/mol. The Kier molecular flexibility index (Phi) is 4.34. The van der Waals surface area contributed by atoms with Gasteiger partial charge in [0, 0.05) is 28.8 Å². The van der Waals surface area contributed by atoms with Crippen LogP contribution in [-0.4, -0.2) is 4.57 Å². The minimum absolute atomic E-state index is 0.599. The van der Waals surface area contributed by atoms with Crippen molar-refractivity contribution in [2.24, 2.45) is 11.5 Å². The van der Waals surface area contributed by atoms with E-state index < -0.39 is 0 Å². The van der Waals surface area contributed by atoms with Gasteiger partial charge in [-0.2, -0.15) is 5.26 Å². The summed E-state index contributed by atoms with van der Waals surface area (Å²) in [6.45, 7) is 4.79. The topological polar surface area (TPSA) is 80.8 Å². The largest absolute Gasteiger partial charge is 0.403 e. The van der Waals surface area contributed by atoms with Crippen LogP contribution in [0.1, 0.15) is 23.9 Å². The quantitative estimate of drug-likeness (QED) is 0.903. The normalized spacial score (nSPS) is 11.4. The molecule has 0 amide bonds. The monoisotopic (exact) mass is 280 g/mol. The molecule has 2 aromatic rings. The highest BCUT2D eigenvalue weighted by Crippen LogP contribution is 2.28. The molecular weight excluding hydrogens is 260 g/mol. The smallest absolute Gasteiger partial charge is 0.0991 e. The van der Waals surface area contributed by atoms with Crippen LogP contribution in [-0.2, 0) is 13.0 Å². The maximum absolute atomic E-state index is 8.89. The fraction of sp³-hybridized carbons (Fsp3) is 0.235. The zero-order valence-corrected chi connectivity index (χ0v) is 12.4. The number of benzene rings is 1. The fourth-order valence-electron chi connectivity index (χ4n) is 2.54. The van der Waals surface area contributed by atoms with Crippen molar-refractivity contribution in [3.8, 4) is 17.2 Å². The van der Waals surface area contributed by atoms with Crippen LogP contribution in [0.4, 0.5) is 0 Å². The van der Waals surface area contributed by atoms with Crippen molar-refractivity contribution in [3.05, 3.63) is 59.2 Å². The molecule has 0 aliphatic rings. The van der Waals surface area contributed by atoms with Crippen molar-refractivity contribution in [1.29, 1.82) is 5.26 Å². The molecule has 1 heterocycles. The lowest BCUT2D eigenvalue weighted by atomic mass is 10.0. The van der Waals surface area contributed by atoms with Crippen molar-refractivity contribution in [2.45, 2.75) is 26.8 Å². The van der Waals surface area contributed by atoms with Crippen LogP contribution in [0, 0.1) is 18.3 Å². The van der Waals surface area contributed by atoms with Crippen LogP contribution >= 0.6 is 0 Å². The number of hydrogen-bond acceptors (Lipinski definition) is 3. The maximum Gasteiger partial charge on any atom is 0.0991 e. The van der Waals surface area contributed by atoms with Gasteiger partial charge < -0.3 is 16.0 Å². The Hall–Kier alpha value is -2.67. The molecule has 0 atom stereocenters. The van der Waals surface area contributed by atoms with Crippen LogP contribution in [0.3, 0.4) is 0 Å². The van der Waals surface area contributed by atoms with Crippen molar-refractivity contribution < 1.29 is 0 Å². The Morgan fingerprint density at radius 1 is 1.33 bits per heavy atom. The van der Waals surface area contributed by atoms with Crippen molar-refractivity contribution in [1.82, 2.24) is 4.57 Å². The van der Waals surface area contributed by atoms with Gasteiger partial charge in [0.05, 0.1) is 18.2 Å². The molecule has 1 aromatic carbocycles. The first-order chi connectivity index (χ1) is 10.1. The number of rotatable bonds is 4. The lowest BCUT2D eigenvalue weighted by Crippen LogP contribution is -2.13. The number of hydrogen-bond donors (Lipinski definition) is 2. The molecule has 0 aliphatic heterocycles. The second kappa shape index (κ2) is 6.19. The number of allylic oxidation sites excluding steroid dienone is 1. The molecule has 4 nitrogen and oxygen atoms in total. The minimum atomic E-state index is 0.599. The second-order valence-electron chi connectivity index (χ2n) is 5.02. The van der Waals surface area contributed by atoms with E-state index in [4.69, 9.17) is 16.7 Å². The van der Waals surface area contributed by atoms with E-state index in [0.29, 0.717) is 17.8 Å². The van der Waals surface area contributed by atoms with Gasteiger partial charge in [0.2, 0.25) is 0 Å². The Bertz CT molecular complexity index is 700. The molecule has 0 fully saturated rings. The molecule has 1 aromatic heterocycles. The summed E-state index contributed by atoms with van der Waals surface area (Å²) in [5, 5.41) is 8.89. The average Bonchev–Trinajstić information content (AvgIpc) is 2.83. The van der Waals surface area contributed by atoms with Gasteiger partial charge in [-0.25, -0.2) is 0 Å². The molecule has 0 saturated carbocycles. The van der Waals surface area contributed by atoms with E-state index in [1.54, 1.807) is 0 Å². The number of nitrogens with two attached hydrogens (primary N) is 2. The molecule has 4 heteroatoms. The highest BCUT2D eigenvalue weighted by atomic mass is 15.0. The summed E-state index contributed by atoms with van der Waals surface area (Å²) in [6, 6.07) is 12.0. The fourth-order valence-corrected chi connectivity index (χ4v) is 2.54. The number of aryl methyl sites for hydroxylation is 1. The average molecular weight is 280 g/mol. The Morgan fingerprint density at radius 3 is 2.52 bits per heavy atom. The summed E-state index contributed by atoms with van der Waals surface area (Å²) in [5.41, 5.74) is 17.3. The molecule has 21 heavy (non-hydrogen) atoms. The van der Waals surface area contributed by atoms with Crippen LogP contribution < -0.4 is 11.5 Å². The third-order valence-corrected chi connectivity index (χ3v) is 3.63. The zero-order valence-electron chi connectivity index (χ0n) is 12.4. The van der Waals surface area contributed by atoms with Gasteiger partial charge in [0.15, 0.2) is 0 Å². The third kappa shape index (κ3) is 2.92. The molecule has 0 spiro atoms. The first-order valence-electron chi connectivity index (χ1n) is 6.96. The molecular formula is C17H20N4. The van der Waals surface area contributed by atoms with Gasteiger partial charge in [-0.05, 0) is 37.1 Å².